The number of nitrogens with zero attached hydrogens (tertiary/aromatic N) is 2. The summed E-state index contributed by atoms with van der Waals surface area (Å²) in [5.41, 5.74) is 1.04. The zero-order chi connectivity index (χ0) is 15.0. The van der Waals surface area contributed by atoms with Crippen molar-refractivity contribution in [1.82, 2.24) is 9.80 Å². The normalized spacial score (nSPS) is 25.4. The minimum absolute atomic E-state index is 0.106. The SMILES string of the molecule is CCC1C(=O)N2CCCC2C(=O)N1Cc1ccccc1Br. The van der Waals surface area contributed by atoms with Gasteiger partial charge in [0.15, 0.2) is 0 Å². The van der Waals surface area contributed by atoms with Crippen LogP contribution in [0.25, 0.3) is 0 Å². The number of hydrogen-bond acceptors (Lipinski definition) is 2. The molecule has 0 radical (unpaired) electrons. The van der Waals surface area contributed by atoms with Crippen molar-refractivity contribution < 1.29 is 9.59 Å². The van der Waals surface area contributed by atoms with E-state index in [1.165, 1.54) is 0 Å². The Bertz CT molecular complexity index is 575. The van der Waals surface area contributed by atoms with Gasteiger partial charge in [0.25, 0.3) is 0 Å². The zero-order valence-corrected chi connectivity index (χ0v) is 13.7. The van der Waals surface area contributed by atoms with Gasteiger partial charge in [-0.05, 0) is 30.9 Å². The maximum Gasteiger partial charge on any atom is 0.246 e. The van der Waals surface area contributed by atoms with E-state index in [1.54, 1.807) is 9.80 Å². The zero-order valence-electron chi connectivity index (χ0n) is 12.1. The molecule has 0 saturated carbocycles. The van der Waals surface area contributed by atoms with Crippen LogP contribution in [0.1, 0.15) is 31.7 Å². The summed E-state index contributed by atoms with van der Waals surface area (Å²) in [6, 6.07) is 7.32. The summed E-state index contributed by atoms with van der Waals surface area (Å²) in [7, 11) is 0. The summed E-state index contributed by atoms with van der Waals surface area (Å²) in [4.78, 5) is 28.9. The molecule has 1 aromatic carbocycles. The number of carbonyl (C=O) groups is 2. The average Bonchev–Trinajstić information content (AvgIpc) is 2.97. The van der Waals surface area contributed by atoms with Gasteiger partial charge in [0, 0.05) is 17.6 Å². The van der Waals surface area contributed by atoms with E-state index in [9.17, 15) is 9.59 Å². The molecule has 2 atom stereocenters. The number of hydrogen-bond donors (Lipinski definition) is 0. The predicted octanol–water partition coefficient (Wildman–Crippen LogP) is 2.56. The molecule has 0 aliphatic carbocycles. The topological polar surface area (TPSA) is 40.6 Å². The van der Waals surface area contributed by atoms with Crippen LogP contribution in [0, 0.1) is 0 Å². The van der Waals surface area contributed by atoms with E-state index in [1.807, 2.05) is 31.2 Å². The Balaban J connectivity index is 1.90. The molecule has 5 heteroatoms. The van der Waals surface area contributed by atoms with Gasteiger partial charge in [0.1, 0.15) is 12.1 Å². The third-order valence-corrected chi connectivity index (χ3v) is 5.22. The molecule has 2 aliphatic rings. The Morgan fingerprint density at radius 1 is 1.24 bits per heavy atom. The number of benzene rings is 1. The second kappa shape index (κ2) is 5.79. The van der Waals surface area contributed by atoms with E-state index in [0.29, 0.717) is 13.0 Å². The monoisotopic (exact) mass is 350 g/mol. The van der Waals surface area contributed by atoms with Crippen LogP contribution < -0.4 is 0 Å². The molecule has 2 fully saturated rings. The van der Waals surface area contributed by atoms with Gasteiger partial charge in [-0.3, -0.25) is 9.59 Å². The van der Waals surface area contributed by atoms with Crippen molar-refractivity contribution in [2.45, 2.75) is 44.8 Å². The van der Waals surface area contributed by atoms with Gasteiger partial charge in [-0.2, -0.15) is 0 Å². The molecule has 2 amide bonds. The molecule has 0 aromatic heterocycles. The lowest BCUT2D eigenvalue weighted by Gasteiger charge is -2.42. The Morgan fingerprint density at radius 2 is 2.00 bits per heavy atom. The minimum Gasteiger partial charge on any atom is -0.329 e. The molecular formula is C16H19BrN2O2. The van der Waals surface area contributed by atoms with E-state index >= 15 is 0 Å². The highest BCUT2D eigenvalue weighted by molar-refractivity contribution is 9.10. The molecule has 3 rings (SSSR count). The quantitative estimate of drug-likeness (QED) is 0.840. The molecule has 21 heavy (non-hydrogen) atoms. The van der Waals surface area contributed by atoms with Crippen LogP contribution in [0.3, 0.4) is 0 Å². The first-order valence-electron chi connectivity index (χ1n) is 7.48. The molecule has 0 bridgehead atoms. The van der Waals surface area contributed by atoms with Crippen molar-refractivity contribution in [2.24, 2.45) is 0 Å². The van der Waals surface area contributed by atoms with Gasteiger partial charge in [-0.15, -0.1) is 0 Å². The summed E-state index contributed by atoms with van der Waals surface area (Å²) in [5, 5.41) is 0. The van der Waals surface area contributed by atoms with E-state index in [2.05, 4.69) is 15.9 Å². The molecule has 1 aromatic rings. The average molecular weight is 351 g/mol. The van der Waals surface area contributed by atoms with Gasteiger partial charge < -0.3 is 9.80 Å². The lowest BCUT2D eigenvalue weighted by atomic mass is 10.0. The van der Waals surface area contributed by atoms with Crippen LogP contribution in [0.2, 0.25) is 0 Å². The largest absolute Gasteiger partial charge is 0.329 e. The molecule has 112 valence electrons. The standard InChI is InChI=1S/C16H19BrN2O2/c1-2-13-15(20)18-9-5-8-14(18)16(21)19(13)10-11-6-3-4-7-12(11)17/h3-4,6-7,13-14H,2,5,8-10H2,1H3. The Labute approximate surface area is 133 Å². The van der Waals surface area contributed by atoms with Gasteiger partial charge >= 0.3 is 0 Å². The molecule has 2 heterocycles. The fraction of sp³-hybridized carbons (Fsp3) is 0.500. The van der Waals surface area contributed by atoms with Gasteiger partial charge in [0.05, 0.1) is 0 Å². The highest BCUT2D eigenvalue weighted by Gasteiger charge is 2.46. The Morgan fingerprint density at radius 3 is 2.71 bits per heavy atom. The number of rotatable bonds is 3. The maximum atomic E-state index is 12.8. The number of piperazine rings is 1. The lowest BCUT2D eigenvalue weighted by Crippen LogP contribution is -2.62. The van der Waals surface area contributed by atoms with E-state index < -0.39 is 0 Å². The van der Waals surface area contributed by atoms with Gasteiger partial charge in [-0.1, -0.05) is 41.1 Å². The summed E-state index contributed by atoms with van der Waals surface area (Å²) in [5.74, 6) is 0.223. The predicted molar refractivity (Wildman–Crippen MR) is 83.5 cm³/mol. The van der Waals surface area contributed by atoms with Crippen LogP contribution >= 0.6 is 15.9 Å². The van der Waals surface area contributed by atoms with Crippen molar-refractivity contribution in [2.75, 3.05) is 6.54 Å². The van der Waals surface area contributed by atoms with Crippen LogP contribution in [-0.2, 0) is 16.1 Å². The number of amides is 2. The first-order chi connectivity index (χ1) is 10.1. The molecule has 0 spiro atoms. The van der Waals surface area contributed by atoms with Crippen LogP contribution in [-0.4, -0.2) is 40.2 Å². The fourth-order valence-electron chi connectivity index (χ4n) is 3.35. The van der Waals surface area contributed by atoms with Crippen LogP contribution in [0.4, 0.5) is 0 Å². The summed E-state index contributed by atoms with van der Waals surface area (Å²) in [6.45, 7) is 3.20. The smallest absolute Gasteiger partial charge is 0.246 e. The third kappa shape index (κ3) is 2.48. The highest BCUT2D eigenvalue weighted by atomic mass is 79.9. The summed E-state index contributed by atoms with van der Waals surface area (Å²) < 4.78 is 0.981. The van der Waals surface area contributed by atoms with E-state index in [4.69, 9.17) is 0 Å². The maximum absolute atomic E-state index is 12.8. The fourth-order valence-corrected chi connectivity index (χ4v) is 3.76. The second-order valence-corrected chi connectivity index (χ2v) is 6.53. The first-order valence-corrected chi connectivity index (χ1v) is 8.27. The van der Waals surface area contributed by atoms with Crippen molar-refractivity contribution in [3.63, 3.8) is 0 Å². The molecule has 2 unspecified atom stereocenters. The van der Waals surface area contributed by atoms with Crippen LogP contribution in [0.15, 0.2) is 28.7 Å². The lowest BCUT2D eigenvalue weighted by molar-refractivity contribution is -0.160. The molecule has 0 N–H and O–H groups in total. The van der Waals surface area contributed by atoms with Gasteiger partial charge in [0.2, 0.25) is 11.8 Å². The van der Waals surface area contributed by atoms with Crippen molar-refractivity contribution in [1.29, 1.82) is 0 Å². The number of carbonyl (C=O) groups excluding carboxylic acids is 2. The Kier molecular flexibility index (Phi) is 4.02. The van der Waals surface area contributed by atoms with Gasteiger partial charge in [-0.25, -0.2) is 0 Å². The molecular weight excluding hydrogens is 332 g/mol. The third-order valence-electron chi connectivity index (χ3n) is 4.45. The molecule has 2 saturated heterocycles. The van der Waals surface area contributed by atoms with Crippen molar-refractivity contribution in [3.8, 4) is 0 Å². The molecule has 4 nitrogen and oxygen atoms in total. The van der Waals surface area contributed by atoms with Crippen molar-refractivity contribution >= 4 is 27.7 Å². The molecule has 2 aliphatic heterocycles. The first kappa shape index (κ1) is 14.6. The van der Waals surface area contributed by atoms with E-state index in [0.717, 1.165) is 29.4 Å². The van der Waals surface area contributed by atoms with E-state index in [-0.39, 0.29) is 23.9 Å². The number of fused-ring (bicyclic) bond motifs is 1. The Hall–Kier alpha value is -1.36. The van der Waals surface area contributed by atoms with Crippen LogP contribution in [0.5, 0.6) is 0 Å². The van der Waals surface area contributed by atoms with Crippen molar-refractivity contribution in [3.05, 3.63) is 34.3 Å². The highest BCUT2D eigenvalue weighted by Crippen LogP contribution is 2.30. The second-order valence-electron chi connectivity index (χ2n) is 5.67. The number of halogens is 1. The summed E-state index contributed by atoms with van der Waals surface area (Å²) in [6.07, 6.45) is 2.40. The minimum atomic E-state index is -0.320. The summed E-state index contributed by atoms with van der Waals surface area (Å²) >= 11 is 3.52.